The average molecular weight is 220 g/mol. The molecule has 0 aliphatic rings. The molecule has 2 heteroatoms. The molecule has 16 heavy (non-hydrogen) atoms. The molecule has 0 aliphatic carbocycles. The summed E-state index contributed by atoms with van der Waals surface area (Å²) in [6.07, 6.45) is 2.93. The van der Waals surface area contributed by atoms with E-state index in [1.165, 1.54) is 5.56 Å². The predicted molar refractivity (Wildman–Crippen MR) is 74.4 cm³/mol. The number of nitrogens with two attached hydrogens (primary N) is 1. The van der Waals surface area contributed by atoms with Crippen LogP contribution < -0.4 is 5.73 Å². The van der Waals surface area contributed by atoms with Gasteiger partial charge in [-0.25, -0.2) is 0 Å². The Morgan fingerprint density at radius 2 is 2.00 bits per heavy atom. The maximum Gasteiger partial charge on any atom is 0.0405 e. The van der Waals surface area contributed by atoms with Crippen LogP contribution in [0.4, 0.5) is 5.69 Å². The molecule has 90 valence electrons. The van der Waals surface area contributed by atoms with Crippen LogP contribution in [0.5, 0.6) is 0 Å². The van der Waals surface area contributed by atoms with Crippen LogP contribution in [-0.4, -0.2) is 13.3 Å². The van der Waals surface area contributed by atoms with E-state index in [9.17, 15) is 0 Å². The summed E-state index contributed by atoms with van der Waals surface area (Å²) in [5.74, 6) is 0.574. The first-order chi connectivity index (χ1) is 7.69. The van der Waals surface area contributed by atoms with E-state index in [0.717, 1.165) is 17.7 Å². The van der Waals surface area contributed by atoms with Crippen LogP contribution in [0.3, 0.4) is 0 Å². The molecule has 1 unspecified atom stereocenters. The number of nitrogen functional groups attached to an aromatic ring is 1. The second-order valence-electron chi connectivity index (χ2n) is 3.58. The van der Waals surface area contributed by atoms with Crippen LogP contribution in [-0.2, 0) is 0 Å². The number of hydrogen-bond donors (Lipinski definition) is 1. The third-order valence-electron chi connectivity index (χ3n) is 2.56. The van der Waals surface area contributed by atoms with Gasteiger partial charge >= 0.3 is 0 Å². The van der Waals surface area contributed by atoms with E-state index in [0.29, 0.717) is 5.92 Å². The smallest absolute Gasteiger partial charge is 0.0405 e. The van der Waals surface area contributed by atoms with Crippen LogP contribution in [0.25, 0.3) is 0 Å². The molecule has 0 saturated carbocycles. The van der Waals surface area contributed by atoms with Crippen molar-refractivity contribution < 1.29 is 0 Å². The molecule has 0 aromatic heterocycles. The molecule has 0 saturated heterocycles. The normalized spacial score (nSPS) is 12.1. The van der Waals surface area contributed by atoms with Crippen LogP contribution in [0, 0.1) is 0 Å². The molecule has 1 rings (SSSR count). The van der Waals surface area contributed by atoms with Gasteiger partial charge in [0.2, 0.25) is 0 Å². The fourth-order valence-corrected chi connectivity index (χ4v) is 1.39. The quantitative estimate of drug-likeness (QED) is 0.609. The van der Waals surface area contributed by atoms with Crippen molar-refractivity contribution in [2.75, 3.05) is 12.8 Å². The minimum Gasteiger partial charge on any atom is -0.398 e. The Labute approximate surface area is 99.6 Å². The first-order valence-corrected chi connectivity index (χ1v) is 6.00. The summed E-state index contributed by atoms with van der Waals surface area (Å²) >= 11 is 0. The highest BCUT2D eigenvalue weighted by Gasteiger charge is 2.04. The van der Waals surface area contributed by atoms with Crippen LogP contribution in [0.2, 0.25) is 0 Å². The summed E-state index contributed by atoms with van der Waals surface area (Å²) in [6.45, 7) is 8.39. The van der Waals surface area contributed by atoms with Crippen molar-refractivity contribution in [3.05, 3.63) is 29.3 Å². The van der Waals surface area contributed by atoms with Gasteiger partial charge in [-0.15, -0.1) is 0 Å². The molecule has 2 N–H and O–H groups in total. The van der Waals surface area contributed by atoms with Gasteiger partial charge in [0.25, 0.3) is 0 Å². The second kappa shape index (κ2) is 7.91. The molecular formula is C14H24N2. The van der Waals surface area contributed by atoms with Gasteiger partial charge in [0, 0.05) is 24.5 Å². The first kappa shape index (κ1) is 14.7. The molecule has 0 heterocycles. The summed E-state index contributed by atoms with van der Waals surface area (Å²) < 4.78 is 0. The largest absolute Gasteiger partial charge is 0.398 e. The maximum absolute atomic E-state index is 5.91. The molecule has 0 bridgehead atoms. The molecule has 0 radical (unpaired) electrons. The minimum absolute atomic E-state index is 0.574. The lowest BCUT2D eigenvalue weighted by molar-refractivity contribution is 0.734. The number of aliphatic imine (C=N–C) groups is 1. The van der Waals surface area contributed by atoms with Crippen LogP contribution in [0.1, 0.15) is 51.2 Å². The number of anilines is 1. The summed E-state index contributed by atoms with van der Waals surface area (Å²) in [7, 11) is 1.75. The van der Waals surface area contributed by atoms with Crippen molar-refractivity contribution >= 4 is 11.9 Å². The zero-order chi connectivity index (χ0) is 12.6. The fraction of sp³-hybridized carbons (Fsp3) is 0.500. The summed E-state index contributed by atoms with van der Waals surface area (Å²) in [6, 6.07) is 6.20. The van der Waals surface area contributed by atoms with Gasteiger partial charge in [-0.3, -0.25) is 4.99 Å². The Morgan fingerprint density at radius 3 is 2.44 bits per heavy atom. The highest BCUT2D eigenvalue weighted by molar-refractivity contribution is 5.86. The lowest BCUT2D eigenvalue weighted by Gasteiger charge is -2.10. The Hall–Kier alpha value is -1.31. The van der Waals surface area contributed by atoms with Crippen LogP contribution in [0.15, 0.2) is 23.2 Å². The van der Waals surface area contributed by atoms with Gasteiger partial charge in [-0.05, 0) is 24.0 Å². The van der Waals surface area contributed by atoms with E-state index in [2.05, 4.69) is 24.9 Å². The monoisotopic (exact) mass is 220 g/mol. The summed E-state index contributed by atoms with van der Waals surface area (Å²) in [5, 5.41) is 0. The zero-order valence-corrected chi connectivity index (χ0v) is 11.1. The molecule has 0 spiro atoms. The van der Waals surface area contributed by atoms with Crippen molar-refractivity contribution in [2.24, 2.45) is 4.99 Å². The predicted octanol–water partition coefficient (Wildman–Crippen LogP) is 3.86. The standard InChI is InChI=1S/C12H18N2.C2H6/c1-4-9(2)10-5-6-11(8-14-3)12(13)7-10;1-2/h5-9H,4,13H2,1-3H3;1-2H3. The summed E-state index contributed by atoms with van der Waals surface area (Å²) in [4.78, 5) is 3.96. The van der Waals surface area contributed by atoms with E-state index in [-0.39, 0.29) is 0 Å². The highest BCUT2D eigenvalue weighted by atomic mass is 14.6. The third-order valence-corrected chi connectivity index (χ3v) is 2.56. The molecule has 0 fully saturated rings. The summed E-state index contributed by atoms with van der Waals surface area (Å²) in [5.41, 5.74) is 9.03. The van der Waals surface area contributed by atoms with Crippen molar-refractivity contribution in [3.8, 4) is 0 Å². The molecule has 0 amide bonds. The number of rotatable bonds is 3. The Kier molecular flexibility index (Phi) is 7.27. The lowest BCUT2D eigenvalue weighted by atomic mass is 9.97. The van der Waals surface area contributed by atoms with E-state index >= 15 is 0 Å². The average Bonchev–Trinajstić information content (AvgIpc) is 2.33. The molecule has 1 aromatic rings. The lowest BCUT2D eigenvalue weighted by Crippen LogP contribution is -1.97. The van der Waals surface area contributed by atoms with Gasteiger partial charge in [0.05, 0.1) is 0 Å². The van der Waals surface area contributed by atoms with E-state index < -0.39 is 0 Å². The van der Waals surface area contributed by atoms with Crippen molar-refractivity contribution in [1.29, 1.82) is 0 Å². The van der Waals surface area contributed by atoms with Crippen molar-refractivity contribution in [1.82, 2.24) is 0 Å². The molecular weight excluding hydrogens is 196 g/mol. The van der Waals surface area contributed by atoms with Gasteiger partial charge in [-0.2, -0.15) is 0 Å². The Balaban J connectivity index is 0.00000106. The Bertz CT molecular complexity index is 330. The SMILES string of the molecule is CC.CCC(C)c1ccc(C=NC)c(N)c1. The first-order valence-electron chi connectivity index (χ1n) is 6.00. The zero-order valence-electron chi connectivity index (χ0n) is 11.1. The fourth-order valence-electron chi connectivity index (χ4n) is 1.39. The van der Waals surface area contributed by atoms with E-state index in [1.54, 1.807) is 13.3 Å². The third kappa shape index (κ3) is 4.05. The topological polar surface area (TPSA) is 38.4 Å². The number of benzene rings is 1. The maximum atomic E-state index is 5.91. The van der Waals surface area contributed by atoms with Crippen molar-refractivity contribution in [3.63, 3.8) is 0 Å². The minimum atomic E-state index is 0.574. The number of nitrogens with zero attached hydrogens (tertiary/aromatic N) is 1. The van der Waals surface area contributed by atoms with Crippen molar-refractivity contribution in [2.45, 2.75) is 40.0 Å². The van der Waals surface area contributed by atoms with Crippen LogP contribution >= 0.6 is 0 Å². The van der Waals surface area contributed by atoms with Gasteiger partial charge in [-0.1, -0.05) is 39.8 Å². The highest BCUT2D eigenvalue weighted by Crippen LogP contribution is 2.22. The molecule has 2 nitrogen and oxygen atoms in total. The van der Waals surface area contributed by atoms with Gasteiger partial charge in [0.1, 0.15) is 0 Å². The molecule has 1 atom stereocenters. The van der Waals surface area contributed by atoms with Gasteiger partial charge < -0.3 is 5.73 Å². The number of hydrogen-bond acceptors (Lipinski definition) is 2. The molecule has 0 aliphatic heterocycles. The van der Waals surface area contributed by atoms with E-state index in [1.807, 2.05) is 26.0 Å². The Morgan fingerprint density at radius 1 is 1.38 bits per heavy atom. The second-order valence-corrected chi connectivity index (χ2v) is 3.58. The van der Waals surface area contributed by atoms with Gasteiger partial charge in [0.15, 0.2) is 0 Å². The van der Waals surface area contributed by atoms with E-state index in [4.69, 9.17) is 5.73 Å². The molecule has 1 aromatic carbocycles.